The molecule has 0 fully saturated rings. The van der Waals surface area contributed by atoms with Crippen molar-refractivity contribution in [1.82, 2.24) is 9.80 Å². The zero-order valence-electron chi connectivity index (χ0n) is 13.3. The Bertz CT molecular complexity index is 489. The molecule has 0 spiro atoms. The molecule has 0 saturated carbocycles. The van der Waals surface area contributed by atoms with Gasteiger partial charge in [0.2, 0.25) is 0 Å². The zero-order chi connectivity index (χ0) is 15.7. The number of rotatable bonds is 7. The van der Waals surface area contributed by atoms with Gasteiger partial charge < -0.3 is 10.6 Å². The van der Waals surface area contributed by atoms with Crippen molar-refractivity contribution in [3.8, 4) is 11.8 Å². The van der Waals surface area contributed by atoms with E-state index in [0.29, 0.717) is 5.56 Å². The van der Waals surface area contributed by atoms with E-state index in [0.717, 1.165) is 38.2 Å². The predicted molar refractivity (Wildman–Crippen MR) is 86.5 cm³/mol. The second-order valence-electron chi connectivity index (χ2n) is 5.35. The largest absolute Gasteiger partial charge is 0.320 e. The van der Waals surface area contributed by atoms with Crippen LogP contribution in [0.4, 0.5) is 4.39 Å². The van der Waals surface area contributed by atoms with Crippen LogP contribution in [0.5, 0.6) is 0 Å². The van der Waals surface area contributed by atoms with Crippen molar-refractivity contribution in [2.24, 2.45) is 5.73 Å². The minimum Gasteiger partial charge on any atom is -0.320 e. The molecule has 0 atom stereocenters. The monoisotopic (exact) mass is 291 g/mol. The van der Waals surface area contributed by atoms with Gasteiger partial charge in [0.15, 0.2) is 0 Å². The summed E-state index contributed by atoms with van der Waals surface area (Å²) in [6.07, 6.45) is 1.13. The molecular formula is C17H26FN3. The fraction of sp³-hybridized carbons (Fsp3) is 0.529. The molecule has 0 heterocycles. The Hall–Kier alpha value is -1.41. The first-order valence-corrected chi connectivity index (χ1v) is 7.41. The minimum atomic E-state index is -0.282. The van der Waals surface area contributed by atoms with E-state index in [9.17, 15) is 4.39 Å². The summed E-state index contributed by atoms with van der Waals surface area (Å²) in [5, 5.41) is 0. The van der Waals surface area contributed by atoms with E-state index in [1.165, 1.54) is 6.07 Å². The molecule has 116 valence electrons. The smallest absolute Gasteiger partial charge is 0.138 e. The van der Waals surface area contributed by atoms with Crippen molar-refractivity contribution in [2.45, 2.75) is 19.9 Å². The first-order valence-electron chi connectivity index (χ1n) is 7.41. The summed E-state index contributed by atoms with van der Waals surface area (Å²) in [5.74, 6) is 5.21. The van der Waals surface area contributed by atoms with Crippen molar-refractivity contribution in [2.75, 3.05) is 40.3 Å². The third kappa shape index (κ3) is 6.72. The van der Waals surface area contributed by atoms with Crippen molar-refractivity contribution < 1.29 is 4.39 Å². The number of hydrogen-bond acceptors (Lipinski definition) is 3. The Labute approximate surface area is 127 Å². The number of halogens is 1. The second-order valence-corrected chi connectivity index (χ2v) is 5.35. The Morgan fingerprint density at radius 1 is 1.24 bits per heavy atom. The van der Waals surface area contributed by atoms with Crippen LogP contribution in [-0.4, -0.2) is 50.1 Å². The van der Waals surface area contributed by atoms with Gasteiger partial charge in [0.05, 0.1) is 12.1 Å². The highest BCUT2D eigenvalue weighted by molar-refractivity contribution is 5.38. The number of nitrogens with zero attached hydrogens (tertiary/aromatic N) is 2. The van der Waals surface area contributed by atoms with Gasteiger partial charge in [-0.05, 0) is 57.8 Å². The van der Waals surface area contributed by atoms with E-state index >= 15 is 0 Å². The molecule has 21 heavy (non-hydrogen) atoms. The fourth-order valence-corrected chi connectivity index (χ4v) is 2.13. The lowest BCUT2D eigenvalue weighted by Gasteiger charge is -2.21. The van der Waals surface area contributed by atoms with Crippen LogP contribution in [0.2, 0.25) is 0 Å². The molecule has 1 aromatic rings. The Morgan fingerprint density at radius 3 is 2.62 bits per heavy atom. The molecule has 1 aromatic carbocycles. The normalized spacial score (nSPS) is 10.8. The van der Waals surface area contributed by atoms with E-state index in [4.69, 9.17) is 5.73 Å². The molecule has 2 N–H and O–H groups in total. The maximum absolute atomic E-state index is 13.6. The Balaban J connectivity index is 2.67. The van der Waals surface area contributed by atoms with Crippen molar-refractivity contribution >= 4 is 0 Å². The lowest BCUT2D eigenvalue weighted by molar-refractivity contribution is 0.259. The van der Waals surface area contributed by atoms with Crippen LogP contribution in [0.3, 0.4) is 0 Å². The van der Waals surface area contributed by atoms with Crippen LogP contribution in [0, 0.1) is 17.7 Å². The number of benzene rings is 1. The summed E-state index contributed by atoms with van der Waals surface area (Å²) in [7, 11) is 4.16. The van der Waals surface area contributed by atoms with Crippen LogP contribution >= 0.6 is 0 Å². The average molecular weight is 291 g/mol. The molecular weight excluding hydrogens is 265 g/mol. The van der Waals surface area contributed by atoms with Gasteiger partial charge in [-0.25, -0.2) is 4.39 Å². The van der Waals surface area contributed by atoms with Crippen LogP contribution in [0.1, 0.15) is 24.5 Å². The number of nitrogens with two attached hydrogens (primary N) is 1. The highest BCUT2D eigenvalue weighted by atomic mass is 19.1. The molecule has 0 aromatic heterocycles. The van der Waals surface area contributed by atoms with Crippen molar-refractivity contribution in [3.05, 3.63) is 35.1 Å². The van der Waals surface area contributed by atoms with Crippen LogP contribution in [0.25, 0.3) is 0 Å². The fourth-order valence-electron chi connectivity index (χ4n) is 2.13. The summed E-state index contributed by atoms with van der Waals surface area (Å²) in [4.78, 5) is 4.54. The third-order valence-electron chi connectivity index (χ3n) is 3.29. The van der Waals surface area contributed by atoms with Crippen molar-refractivity contribution in [1.29, 1.82) is 0 Å². The lowest BCUT2D eigenvalue weighted by Crippen LogP contribution is -2.27. The third-order valence-corrected chi connectivity index (χ3v) is 3.29. The van der Waals surface area contributed by atoms with Gasteiger partial charge in [0.1, 0.15) is 5.82 Å². The van der Waals surface area contributed by atoms with E-state index in [2.05, 4.69) is 42.7 Å². The minimum absolute atomic E-state index is 0.245. The van der Waals surface area contributed by atoms with E-state index in [1.54, 1.807) is 0 Å². The van der Waals surface area contributed by atoms with Gasteiger partial charge in [0.25, 0.3) is 0 Å². The summed E-state index contributed by atoms with van der Waals surface area (Å²) in [5.41, 5.74) is 6.86. The molecule has 0 aliphatic heterocycles. The molecule has 0 saturated heterocycles. The van der Waals surface area contributed by atoms with Gasteiger partial charge in [-0.2, -0.15) is 0 Å². The molecule has 0 radical (unpaired) electrons. The second kappa shape index (κ2) is 9.51. The molecule has 0 bridgehead atoms. The molecule has 0 aliphatic carbocycles. The number of hydrogen-bond donors (Lipinski definition) is 1. The molecule has 4 heteroatoms. The molecule has 0 aliphatic rings. The molecule has 0 amide bonds. The summed E-state index contributed by atoms with van der Waals surface area (Å²) in [6, 6.07) is 5.15. The quantitative estimate of drug-likeness (QED) is 0.779. The topological polar surface area (TPSA) is 32.5 Å². The summed E-state index contributed by atoms with van der Waals surface area (Å²) < 4.78 is 13.6. The van der Waals surface area contributed by atoms with Gasteiger partial charge in [-0.15, -0.1) is 0 Å². The predicted octanol–water partition coefficient (Wildman–Crippen LogP) is 1.91. The Morgan fingerprint density at radius 2 is 2.00 bits per heavy atom. The maximum atomic E-state index is 13.6. The van der Waals surface area contributed by atoms with Crippen LogP contribution in [0.15, 0.2) is 18.2 Å². The first kappa shape index (κ1) is 17.6. The van der Waals surface area contributed by atoms with E-state index < -0.39 is 0 Å². The van der Waals surface area contributed by atoms with Crippen LogP contribution in [-0.2, 0) is 6.54 Å². The maximum Gasteiger partial charge on any atom is 0.138 e. The van der Waals surface area contributed by atoms with E-state index in [1.807, 2.05) is 12.1 Å². The Kier molecular flexibility index (Phi) is 7.99. The first-order chi connectivity index (χ1) is 10.1. The average Bonchev–Trinajstić information content (AvgIpc) is 2.46. The zero-order valence-corrected chi connectivity index (χ0v) is 13.3. The van der Waals surface area contributed by atoms with Gasteiger partial charge in [-0.3, -0.25) is 4.90 Å². The van der Waals surface area contributed by atoms with E-state index in [-0.39, 0.29) is 12.4 Å². The molecule has 1 rings (SSSR count). The highest BCUT2D eigenvalue weighted by Crippen LogP contribution is 2.12. The SMILES string of the molecule is CCN(CCCN(C)C)Cc1ccc(F)c(C#CCN)c1. The van der Waals surface area contributed by atoms with Gasteiger partial charge in [-0.1, -0.05) is 24.8 Å². The van der Waals surface area contributed by atoms with Crippen LogP contribution < -0.4 is 5.73 Å². The van der Waals surface area contributed by atoms with Crippen molar-refractivity contribution in [3.63, 3.8) is 0 Å². The van der Waals surface area contributed by atoms with Gasteiger partial charge in [0, 0.05) is 6.54 Å². The molecule has 3 nitrogen and oxygen atoms in total. The highest BCUT2D eigenvalue weighted by Gasteiger charge is 2.06. The molecule has 0 unspecified atom stereocenters. The summed E-state index contributed by atoms with van der Waals surface area (Å²) in [6.45, 7) is 6.31. The standard InChI is InChI=1S/C17H26FN3/c1-4-21(12-6-11-20(2)3)14-15-8-9-17(18)16(13-15)7-5-10-19/h8-9,13H,4,6,10-12,14,19H2,1-3H3. The lowest BCUT2D eigenvalue weighted by atomic mass is 10.1. The van der Waals surface area contributed by atoms with Gasteiger partial charge >= 0.3 is 0 Å². The summed E-state index contributed by atoms with van der Waals surface area (Å²) >= 11 is 0.